The Hall–Kier alpha value is -0.450. The lowest BCUT2D eigenvalue weighted by atomic mass is 9.77. The topological polar surface area (TPSA) is 59.1 Å². The zero-order valence-corrected chi connectivity index (χ0v) is 11.7. The van der Waals surface area contributed by atoms with Gasteiger partial charge in [-0.25, -0.2) is 0 Å². The van der Waals surface area contributed by atoms with Crippen molar-refractivity contribution in [3.8, 4) is 0 Å². The average molecular weight is 299 g/mol. The number of pyridine rings is 1. The Morgan fingerprint density at radius 1 is 1.65 bits per heavy atom. The average Bonchev–Trinajstić information content (AvgIpc) is 2.71. The molecule has 0 radical (unpaired) electrons. The van der Waals surface area contributed by atoms with Gasteiger partial charge in [0.1, 0.15) is 0 Å². The van der Waals surface area contributed by atoms with Crippen LogP contribution in [0.5, 0.6) is 0 Å². The maximum absolute atomic E-state index is 10.6. The molecule has 1 aliphatic carbocycles. The normalized spacial score (nSPS) is 30.5. The van der Waals surface area contributed by atoms with Gasteiger partial charge in [0.25, 0.3) is 0 Å². The summed E-state index contributed by atoms with van der Waals surface area (Å²) in [4.78, 5) is 4.11. The summed E-state index contributed by atoms with van der Waals surface area (Å²) in [6.07, 6.45) is 6.09. The predicted octanol–water partition coefficient (Wildman–Crippen LogP) is 2.64. The van der Waals surface area contributed by atoms with Crippen molar-refractivity contribution in [3.63, 3.8) is 0 Å². The van der Waals surface area contributed by atoms with Crippen LogP contribution in [-0.4, -0.2) is 16.6 Å². The van der Waals surface area contributed by atoms with Crippen molar-refractivity contribution < 1.29 is 5.11 Å². The molecule has 0 spiro atoms. The number of aliphatic hydroxyl groups is 1. The molecule has 0 saturated heterocycles. The number of rotatable bonds is 3. The van der Waals surface area contributed by atoms with Gasteiger partial charge < -0.3 is 10.8 Å². The van der Waals surface area contributed by atoms with Gasteiger partial charge in [0.05, 0.1) is 6.10 Å². The zero-order chi connectivity index (χ0) is 12.5. The Labute approximate surface area is 111 Å². The van der Waals surface area contributed by atoms with Gasteiger partial charge in [-0.3, -0.25) is 4.98 Å². The van der Waals surface area contributed by atoms with Crippen LogP contribution in [0, 0.1) is 11.3 Å². The van der Waals surface area contributed by atoms with Gasteiger partial charge in [-0.2, -0.15) is 0 Å². The molecule has 94 valence electrons. The number of nitrogens with zero attached hydrogens (tertiary/aromatic N) is 1. The molecule has 1 heterocycles. The smallest absolute Gasteiger partial charge is 0.0873 e. The molecule has 0 aliphatic heterocycles. The number of aromatic nitrogens is 1. The van der Waals surface area contributed by atoms with Gasteiger partial charge in [0.15, 0.2) is 0 Å². The summed E-state index contributed by atoms with van der Waals surface area (Å²) in [5, 5.41) is 10.6. The fraction of sp³-hybridized carbons (Fsp3) is 0.615. The van der Waals surface area contributed by atoms with Crippen LogP contribution in [-0.2, 0) is 0 Å². The SMILES string of the molecule is CC1CCC(CN)(C(O)c2cncc(Br)c2)C1. The fourth-order valence-electron chi connectivity index (χ4n) is 2.91. The van der Waals surface area contributed by atoms with Crippen molar-refractivity contribution in [3.05, 3.63) is 28.5 Å². The van der Waals surface area contributed by atoms with Gasteiger partial charge in [-0.05, 0) is 40.8 Å². The largest absolute Gasteiger partial charge is 0.388 e. The molecule has 1 saturated carbocycles. The molecule has 3 N–H and O–H groups in total. The zero-order valence-electron chi connectivity index (χ0n) is 10.1. The summed E-state index contributed by atoms with van der Waals surface area (Å²) < 4.78 is 0.896. The van der Waals surface area contributed by atoms with Crippen LogP contribution in [0.25, 0.3) is 0 Å². The van der Waals surface area contributed by atoms with Crippen molar-refractivity contribution in [2.24, 2.45) is 17.1 Å². The predicted molar refractivity (Wildman–Crippen MR) is 71.4 cm³/mol. The van der Waals surface area contributed by atoms with E-state index >= 15 is 0 Å². The summed E-state index contributed by atoms with van der Waals surface area (Å²) in [6.45, 7) is 2.76. The Kier molecular flexibility index (Phi) is 3.85. The van der Waals surface area contributed by atoms with E-state index in [9.17, 15) is 5.11 Å². The van der Waals surface area contributed by atoms with Gasteiger partial charge in [0.2, 0.25) is 0 Å². The molecule has 1 aromatic rings. The number of nitrogens with two attached hydrogens (primary N) is 1. The van der Waals surface area contributed by atoms with Crippen LogP contribution in [0.1, 0.15) is 37.9 Å². The van der Waals surface area contributed by atoms with Crippen molar-refractivity contribution in [1.29, 1.82) is 0 Å². The maximum Gasteiger partial charge on any atom is 0.0873 e. The Balaban J connectivity index is 2.26. The van der Waals surface area contributed by atoms with E-state index in [4.69, 9.17) is 5.73 Å². The van der Waals surface area contributed by atoms with Crippen LogP contribution in [0.15, 0.2) is 22.9 Å². The molecule has 4 heteroatoms. The first-order valence-corrected chi connectivity index (χ1v) is 6.85. The van der Waals surface area contributed by atoms with Gasteiger partial charge in [0, 0.05) is 34.4 Å². The summed E-state index contributed by atoms with van der Waals surface area (Å²) in [7, 11) is 0. The third-order valence-corrected chi connectivity index (χ3v) is 4.35. The van der Waals surface area contributed by atoms with E-state index in [0.29, 0.717) is 12.5 Å². The first-order chi connectivity index (χ1) is 8.07. The molecule has 1 aromatic heterocycles. The van der Waals surface area contributed by atoms with Crippen LogP contribution in [0.3, 0.4) is 0 Å². The first kappa shape index (κ1) is 13.0. The summed E-state index contributed by atoms with van der Waals surface area (Å²) in [5.41, 5.74) is 6.61. The molecule has 1 fully saturated rings. The molecular formula is C13H19BrN2O. The van der Waals surface area contributed by atoms with E-state index in [2.05, 4.69) is 27.8 Å². The molecule has 2 rings (SSSR count). The van der Waals surface area contributed by atoms with Crippen LogP contribution in [0.4, 0.5) is 0 Å². The number of hydrogen-bond donors (Lipinski definition) is 2. The molecule has 3 atom stereocenters. The molecule has 3 unspecified atom stereocenters. The summed E-state index contributed by atoms with van der Waals surface area (Å²) in [6, 6.07) is 1.93. The van der Waals surface area contributed by atoms with Crippen LogP contribution >= 0.6 is 15.9 Å². The third kappa shape index (κ3) is 2.54. The standard InChI is InChI=1S/C13H19BrN2O/c1-9-2-3-13(5-9,8-15)12(17)10-4-11(14)7-16-6-10/h4,6-7,9,12,17H,2-3,5,8,15H2,1H3. The number of aliphatic hydroxyl groups excluding tert-OH is 1. The summed E-state index contributed by atoms with van der Waals surface area (Å²) >= 11 is 3.39. The Morgan fingerprint density at radius 2 is 2.41 bits per heavy atom. The highest BCUT2D eigenvalue weighted by atomic mass is 79.9. The van der Waals surface area contributed by atoms with Crippen molar-refractivity contribution in [2.75, 3.05) is 6.54 Å². The van der Waals surface area contributed by atoms with E-state index in [0.717, 1.165) is 29.3 Å². The molecule has 1 aliphatic rings. The second-order valence-electron chi connectivity index (χ2n) is 5.25. The lowest BCUT2D eigenvalue weighted by Gasteiger charge is -2.33. The molecule has 0 bridgehead atoms. The van der Waals surface area contributed by atoms with Crippen molar-refractivity contribution >= 4 is 15.9 Å². The lowest BCUT2D eigenvalue weighted by Crippen LogP contribution is -2.34. The summed E-state index contributed by atoms with van der Waals surface area (Å²) in [5.74, 6) is 0.647. The highest BCUT2D eigenvalue weighted by Gasteiger charge is 2.42. The molecule has 0 amide bonds. The highest BCUT2D eigenvalue weighted by molar-refractivity contribution is 9.10. The molecular weight excluding hydrogens is 280 g/mol. The Bertz CT molecular complexity index is 399. The van der Waals surface area contributed by atoms with Gasteiger partial charge in [-0.15, -0.1) is 0 Å². The van der Waals surface area contributed by atoms with E-state index in [1.54, 1.807) is 12.4 Å². The minimum absolute atomic E-state index is 0.165. The van der Waals surface area contributed by atoms with Gasteiger partial charge >= 0.3 is 0 Å². The lowest BCUT2D eigenvalue weighted by molar-refractivity contribution is 0.0305. The van der Waals surface area contributed by atoms with E-state index in [1.807, 2.05) is 6.07 Å². The highest BCUT2D eigenvalue weighted by Crippen LogP contribution is 2.49. The van der Waals surface area contributed by atoms with Crippen molar-refractivity contribution in [2.45, 2.75) is 32.3 Å². The first-order valence-electron chi connectivity index (χ1n) is 6.06. The monoisotopic (exact) mass is 298 g/mol. The molecule has 3 nitrogen and oxygen atoms in total. The Morgan fingerprint density at radius 3 is 2.94 bits per heavy atom. The van der Waals surface area contributed by atoms with Crippen LogP contribution in [0.2, 0.25) is 0 Å². The van der Waals surface area contributed by atoms with E-state index < -0.39 is 6.10 Å². The third-order valence-electron chi connectivity index (χ3n) is 3.92. The minimum Gasteiger partial charge on any atom is -0.388 e. The molecule has 17 heavy (non-hydrogen) atoms. The minimum atomic E-state index is -0.512. The van der Waals surface area contributed by atoms with Crippen LogP contribution < -0.4 is 5.73 Å². The maximum atomic E-state index is 10.6. The number of hydrogen-bond acceptors (Lipinski definition) is 3. The van der Waals surface area contributed by atoms with E-state index in [1.165, 1.54) is 0 Å². The number of halogens is 1. The van der Waals surface area contributed by atoms with Gasteiger partial charge in [-0.1, -0.05) is 13.3 Å². The second-order valence-corrected chi connectivity index (χ2v) is 6.17. The van der Waals surface area contributed by atoms with E-state index in [-0.39, 0.29) is 5.41 Å². The fourth-order valence-corrected chi connectivity index (χ4v) is 3.29. The quantitative estimate of drug-likeness (QED) is 0.902. The molecule has 0 aromatic carbocycles. The second kappa shape index (κ2) is 5.04. The van der Waals surface area contributed by atoms with Crippen molar-refractivity contribution in [1.82, 2.24) is 4.98 Å².